The number of carbonyl (C=O) groups is 2. The Hall–Kier alpha value is -1.11. The van der Waals surface area contributed by atoms with Gasteiger partial charge in [-0.05, 0) is 25.2 Å². The monoisotopic (exact) mass is 314 g/mol. The molecule has 2 atom stereocenters. The molecular formula is C14H22N2O4S. The van der Waals surface area contributed by atoms with E-state index in [1.165, 1.54) is 12.8 Å². The zero-order valence-electron chi connectivity index (χ0n) is 12.3. The van der Waals surface area contributed by atoms with Crippen molar-refractivity contribution in [2.75, 3.05) is 31.6 Å². The molecule has 2 unspecified atom stereocenters. The van der Waals surface area contributed by atoms with E-state index in [9.17, 15) is 18.0 Å². The highest BCUT2D eigenvalue weighted by Crippen LogP contribution is 2.32. The predicted molar refractivity (Wildman–Crippen MR) is 77.2 cm³/mol. The van der Waals surface area contributed by atoms with Crippen LogP contribution in [0.1, 0.15) is 25.7 Å². The average Bonchev–Trinajstić information content (AvgIpc) is 3.06. The molecule has 3 fully saturated rings. The molecule has 3 aliphatic rings. The molecule has 1 saturated carbocycles. The number of rotatable bonds is 4. The maximum absolute atomic E-state index is 12.5. The van der Waals surface area contributed by atoms with Gasteiger partial charge in [0.1, 0.15) is 0 Å². The van der Waals surface area contributed by atoms with E-state index < -0.39 is 9.84 Å². The first-order valence-corrected chi connectivity index (χ1v) is 9.43. The SMILES string of the molecule is CN(C(=O)C1CC(=O)N(CC2CC2)C1)C1CCS(=O)(=O)C1. The molecule has 0 N–H and O–H groups in total. The Kier molecular flexibility index (Phi) is 3.71. The van der Waals surface area contributed by atoms with Crippen molar-refractivity contribution in [2.45, 2.75) is 31.7 Å². The zero-order valence-corrected chi connectivity index (χ0v) is 13.1. The molecule has 2 saturated heterocycles. The van der Waals surface area contributed by atoms with Crippen LogP contribution in [0.3, 0.4) is 0 Å². The number of hydrogen-bond donors (Lipinski definition) is 0. The third-order valence-corrected chi connectivity index (χ3v) is 6.59. The Morgan fingerprint density at radius 3 is 2.62 bits per heavy atom. The van der Waals surface area contributed by atoms with Crippen LogP contribution < -0.4 is 0 Å². The largest absolute Gasteiger partial charge is 0.342 e. The van der Waals surface area contributed by atoms with Crippen LogP contribution in [0.25, 0.3) is 0 Å². The topological polar surface area (TPSA) is 74.8 Å². The molecule has 0 bridgehead atoms. The standard InChI is InChI=1S/C14H22N2O4S/c1-15(12-4-5-21(19,20)9-12)14(18)11-6-13(17)16(8-11)7-10-2-3-10/h10-12H,2-9H2,1H3. The van der Waals surface area contributed by atoms with Gasteiger partial charge in [0, 0.05) is 32.6 Å². The van der Waals surface area contributed by atoms with E-state index in [4.69, 9.17) is 0 Å². The first kappa shape index (κ1) is 14.8. The second kappa shape index (κ2) is 5.26. The first-order chi connectivity index (χ1) is 9.85. The van der Waals surface area contributed by atoms with E-state index in [0.29, 0.717) is 18.9 Å². The molecule has 2 amide bonds. The summed E-state index contributed by atoms with van der Waals surface area (Å²) >= 11 is 0. The number of nitrogens with zero attached hydrogens (tertiary/aromatic N) is 2. The Labute approximate surface area is 125 Å². The van der Waals surface area contributed by atoms with Gasteiger partial charge in [-0.3, -0.25) is 9.59 Å². The van der Waals surface area contributed by atoms with Gasteiger partial charge < -0.3 is 9.80 Å². The maximum atomic E-state index is 12.5. The van der Waals surface area contributed by atoms with Crippen molar-refractivity contribution in [2.24, 2.45) is 11.8 Å². The van der Waals surface area contributed by atoms with Crippen molar-refractivity contribution < 1.29 is 18.0 Å². The molecule has 118 valence electrons. The molecule has 0 aromatic rings. The van der Waals surface area contributed by atoms with Gasteiger partial charge in [0.05, 0.1) is 17.4 Å². The molecular weight excluding hydrogens is 292 g/mol. The van der Waals surface area contributed by atoms with Crippen LogP contribution in [0.15, 0.2) is 0 Å². The average molecular weight is 314 g/mol. The molecule has 2 aliphatic heterocycles. The minimum absolute atomic E-state index is 0.0572. The van der Waals surface area contributed by atoms with E-state index in [2.05, 4.69) is 0 Å². The molecule has 0 radical (unpaired) electrons. The first-order valence-electron chi connectivity index (χ1n) is 7.60. The predicted octanol–water partition coefficient (Wildman–Crippen LogP) is -0.110. The molecule has 3 rings (SSSR count). The van der Waals surface area contributed by atoms with Gasteiger partial charge in [-0.1, -0.05) is 0 Å². The van der Waals surface area contributed by atoms with E-state index in [1.54, 1.807) is 16.8 Å². The van der Waals surface area contributed by atoms with Crippen molar-refractivity contribution in [3.8, 4) is 0 Å². The van der Waals surface area contributed by atoms with Crippen molar-refractivity contribution >= 4 is 21.7 Å². The fourth-order valence-corrected chi connectivity index (χ4v) is 5.05. The van der Waals surface area contributed by atoms with Crippen LogP contribution in [0.4, 0.5) is 0 Å². The van der Waals surface area contributed by atoms with E-state index in [-0.39, 0.29) is 41.7 Å². The van der Waals surface area contributed by atoms with Gasteiger partial charge in [-0.2, -0.15) is 0 Å². The summed E-state index contributed by atoms with van der Waals surface area (Å²) in [5, 5.41) is 0. The van der Waals surface area contributed by atoms with Gasteiger partial charge in [0.25, 0.3) is 0 Å². The normalized spacial score (nSPS) is 31.7. The van der Waals surface area contributed by atoms with Gasteiger partial charge in [0.15, 0.2) is 9.84 Å². The van der Waals surface area contributed by atoms with Crippen LogP contribution in [0.5, 0.6) is 0 Å². The summed E-state index contributed by atoms with van der Waals surface area (Å²) in [7, 11) is -1.33. The highest BCUT2D eigenvalue weighted by Gasteiger charge is 2.40. The Morgan fingerprint density at radius 2 is 2.05 bits per heavy atom. The number of carbonyl (C=O) groups excluding carboxylic acids is 2. The smallest absolute Gasteiger partial charge is 0.228 e. The van der Waals surface area contributed by atoms with Crippen LogP contribution in [-0.2, 0) is 19.4 Å². The Bertz CT molecular complexity index is 555. The summed E-state index contributed by atoms with van der Waals surface area (Å²) in [6, 6.07) is -0.227. The lowest BCUT2D eigenvalue weighted by Crippen LogP contribution is -2.42. The van der Waals surface area contributed by atoms with Gasteiger partial charge in [0.2, 0.25) is 11.8 Å². The molecule has 0 aromatic carbocycles. The summed E-state index contributed by atoms with van der Waals surface area (Å²) in [5.74, 6) is 0.524. The second-order valence-electron chi connectivity index (χ2n) is 6.65. The quantitative estimate of drug-likeness (QED) is 0.726. The lowest BCUT2D eigenvalue weighted by Gasteiger charge is -2.26. The fraction of sp³-hybridized carbons (Fsp3) is 0.857. The summed E-state index contributed by atoms with van der Waals surface area (Å²) in [6.45, 7) is 1.28. The summed E-state index contributed by atoms with van der Waals surface area (Å²) in [6.07, 6.45) is 3.15. The van der Waals surface area contributed by atoms with Crippen molar-refractivity contribution in [3.63, 3.8) is 0 Å². The van der Waals surface area contributed by atoms with Crippen molar-refractivity contribution in [1.29, 1.82) is 0 Å². The van der Waals surface area contributed by atoms with Gasteiger partial charge in [-0.25, -0.2) is 8.42 Å². The fourth-order valence-electron chi connectivity index (χ4n) is 3.27. The third kappa shape index (κ3) is 3.22. The van der Waals surface area contributed by atoms with Crippen LogP contribution in [-0.4, -0.2) is 67.7 Å². The molecule has 0 aromatic heterocycles. The van der Waals surface area contributed by atoms with Crippen molar-refractivity contribution in [1.82, 2.24) is 9.80 Å². The molecule has 2 heterocycles. The third-order valence-electron chi connectivity index (χ3n) is 4.84. The van der Waals surface area contributed by atoms with Crippen LogP contribution in [0.2, 0.25) is 0 Å². The molecule has 0 spiro atoms. The number of hydrogen-bond acceptors (Lipinski definition) is 4. The Balaban J connectivity index is 1.59. The zero-order chi connectivity index (χ0) is 15.2. The lowest BCUT2D eigenvalue weighted by molar-refractivity contribution is -0.136. The minimum atomic E-state index is -3.00. The van der Waals surface area contributed by atoms with Gasteiger partial charge >= 0.3 is 0 Å². The number of likely N-dealkylation sites (tertiary alicyclic amines) is 1. The van der Waals surface area contributed by atoms with E-state index in [1.807, 2.05) is 0 Å². The number of amides is 2. The number of sulfone groups is 1. The van der Waals surface area contributed by atoms with Crippen molar-refractivity contribution in [3.05, 3.63) is 0 Å². The Morgan fingerprint density at radius 1 is 1.33 bits per heavy atom. The summed E-state index contributed by atoms with van der Waals surface area (Å²) in [4.78, 5) is 27.8. The highest BCUT2D eigenvalue weighted by atomic mass is 32.2. The molecule has 6 nitrogen and oxygen atoms in total. The van der Waals surface area contributed by atoms with Gasteiger partial charge in [-0.15, -0.1) is 0 Å². The van der Waals surface area contributed by atoms with Crippen LogP contribution >= 0.6 is 0 Å². The maximum Gasteiger partial charge on any atom is 0.228 e. The summed E-state index contributed by atoms with van der Waals surface area (Å²) < 4.78 is 23.0. The molecule has 21 heavy (non-hydrogen) atoms. The highest BCUT2D eigenvalue weighted by molar-refractivity contribution is 7.91. The molecule has 1 aliphatic carbocycles. The minimum Gasteiger partial charge on any atom is -0.342 e. The van der Waals surface area contributed by atoms with Crippen LogP contribution in [0, 0.1) is 11.8 Å². The van der Waals surface area contributed by atoms with E-state index >= 15 is 0 Å². The lowest BCUT2D eigenvalue weighted by atomic mass is 10.1. The molecule has 7 heteroatoms. The van der Waals surface area contributed by atoms with E-state index in [0.717, 1.165) is 6.54 Å². The summed E-state index contributed by atoms with van der Waals surface area (Å²) in [5.41, 5.74) is 0. The second-order valence-corrected chi connectivity index (χ2v) is 8.88.